The van der Waals surface area contributed by atoms with Gasteiger partial charge in [-0.05, 0) is 12.8 Å². The van der Waals surface area contributed by atoms with Gasteiger partial charge >= 0.3 is 5.97 Å². The third kappa shape index (κ3) is 0.896. The highest BCUT2D eigenvalue weighted by Crippen LogP contribution is 2.33. The van der Waals surface area contributed by atoms with E-state index in [1.54, 1.807) is 0 Å². The first-order chi connectivity index (χ1) is 5.70. The van der Waals surface area contributed by atoms with Crippen molar-refractivity contribution in [3.05, 3.63) is 0 Å². The second-order valence-electron chi connectivity index (χ2n) is 3.19. The molecule has 2 rings (SSSR count). The van der Waals surface area contributed by atoms with E-state index in [0.717, 1.165) is 12.8 Å². The van der Waals surface area contributed by atoms with E-state index in [0.29, 0.717) is 0 Å². The van der Waals surface area contributed by atoms with Gasteiger partial charge in [-0.15, -0.1) is 0 Å². The van der Waals surface area contributed by atoms with Crippen LogP contribution in [0.5, 0.6) is 0 Å². The lowest BCUT2D eigenvalue weighted by Gasteiger charge is -2.10. The number of hydrogen-bond acceptors (Lipinski definition) is 4. The second kappa shape index (κ2) is 2.45. The Labute approximate surface area is 69.2 Å². The van der Waals surface area contributed by atoms with Crippen molar-refractivity contribution in [2.24, 2.45) is 16.8 Å². The Morgan fingerprint density at radius 2 is 2.42 bits per heavy atom. The topological polar surface area (TPSA) is 84.9 Å². The quantitative estimate of drug-likeness (QED) is 0.558. The van der Waals surface area contributed by atoms with E-state index in [-0.39, 0.29) is 23.8 Å². The van der Waals surface area contributed by atoms with E-state index in [9.17, 15) is 4.79 Å². The van der Waals surface area contributed by atoms with Crippen LogP contribution in [0.25, 0.3) is 0 Å². The molecule has 3 atom stereocenters. The highest BCUT2D eigenvalue weighted by atomic mass is 16.6. The minimum Gasteiger partial charge on any atom is -0.477 e. The third-order valence-corrected chi connectivity index (χ3v) is 2.47. The maximum atomic E-state index is 10.6. The van der Waals surface area contributed by atoms with Crippen molar-refractivity contribution in [1.29, 1.82) is 0 Å². The highest BCUT2D eigenvalue weighted by Gasteiger charge is 2.46. The van der Waals surface area contributed by atoms with Crippen LogP contribution in [-0.4, -0.2) is 28.9 Å². The molecule has 0 aromatic heterocycles. The summed E-state index contributed by atoms with van der Waals surface area (Å²) in [7, 11) is 0. The molecule has 0 radical (unpaired) electrons. The van der Waals surface area contributed by atoms with E-state index in [2.05, 4.69) is 5.16 Å². The van der Waals surface area contributed by atoms with Gasteiger partial charge in [-0.3, -0.25) is 0 Å². The maximum Gasteiger partial charge on any atom is 0.354 e. The molecular weight excluding hydrogens is 160 g/mol. The molecule has 2 unspecified atom stereocenters. The summed E-state index contributed by atoms with van der Waals surface area (Å²) in [6, 6.07) is -0.104. The number of nitrogens with zero attached hydrogens (tertiary/aromatic N) is 1. The van der Waals surface area contributed by atoms with E-state index in [4.69, 9.17) is 15.7 Å². The molecule has 0 aromatic carbocycles. The van der Waals surface area contributed by atoms with Crippen LogP contribution in [-0.2, 0) is 9.63 Å². The lowest BCUT2D eigenvalue weighted by molar-refractivity contribution is -0.129. The van der Waals surface area contributed by atoms with Crippen molar-refractivity contribution in [1.82, 2.24) is 0 Å². The summed E-state index contributed by atoms with van der Waals surface area (Å²) in [5.41, 5.74) is 5.81. The van der Waals surface area contributed by atoms with Crippen LogP contribution in [0.3, 0.4) is 0 Å². The third-order valence-electron chi connectivity index (χ3n) is 2.47. The van der Waals surface area contributed by atoms with Gasteiger partial charge in [-0.25, -0.2) is 4.79 Å². The molecule has 66 valence electrons. The van der Waals surface area contributed by atoms with Crippen LogP contribution < -0.4 is 5.73 Å². The smallest absolute Gasteiger partial charge is 0.354 e. The summed E-state index contributed by atoms with van der Waals surface area (Å²) >= 11 is 0. The Morgan fingerprint density at radius 1 is 1.67 bits per heavy atom. The number of carboxylic acids is 1. The number of hydrogen-bond donors (Lipinski definition) is 2. The van der Waals surface area contributed by atoms with Crippen molar-refractivity contribution < 1.29 is 14.7 Å². The number of fused-ring (bicyclic) bond motifs is 1. The van der Waals surface area contributed by atoms with Crippen LogP contribution in [0.1, 0.15) is 12.8 Å². The van der Waals surface area contributed by atoms with Crippen LogP contribution >= 0.6 is 0 Å². The minimum absolute atomic E-state index is 0.0880. The summed E-state index contributed by atoms with van der Waals surface area (Å²) in [4.78, 5) is 15.6. The number of carboxylic acid groups (broad SMARTS) is 1. The van der Waals surface area contributed by atoms with Crippen molar-refractivity contribution in [3.8, 4) is 0 Å². The molecule has 1 aliphatic carbocycles. The first-order valence-electron chi connectivity index (χ1n) is 3.92. The number of oxime groups is 1. The van der Waals surface area contributed by atoms with Crippen LogP contribution in [0, 0.1) is 5.92 Å². The van der Waals surface area contributed by atoms with Crippen molar-refractivity contribution >= 4 is 11.7 Å². The zero-order valence-corrected chi connectivity index (χ0v) is 6.43. The largest absolute Gasteiger partial charge is 0.477 e. The number of nitrogens with two attached hydrogens (primary N) is 1. The van der Waals surface area contributed by atoms with Crippen LogP contribution in [0.4, 0.5) is 0 Å². The van der Waals surface area contributed by atoms with Gasteiger partial charge in [-0.1, -0.05) is 5.16 Å². The Morgan fingerprint density at radius 3 is 3.08 bits per heavy atom. The lowest BCUT2D eigenvalue weighted by atomic mass is 9.97. The zero-order valence-electron chi connectivity index (χ0n) is 6.43. The average Bonchev–Trinajstić information content (AvgIpc) is 2.53. The fourth-order valence-corrected chi connectivity index (χ4v) is 1.86. The zero-order chi connectivity index (χ0) is 8.72. The molecule has 0 spiro atoms. The molecule has 1 heterocycles. The molecule has 1 aliphatic heterocycles. The average molecular weight is 170 g/mol. The first kappa shape index (κ1) is 7.54. The predicted molar refractivity (Wildman–Crippen MR) is 40.6 cm³/mol. The lowest BCUT2D eigenvalue weighted by Crippen LogP contribution is -2.36. The van der Waals surface area contributed by atoms with Gasteiger partial charge in [0, 0.05) is 6.04 Å². The molecular formula is C7H10N2O3. The molecule has 5 nitrogen and oxygen atoms in total. The summed E-state index contributed by atoms with van der Waals surface area (Å²) in [6.07, 6.45) is 1.54. The SMILES string of the molecule is N[C@H]1CCC2ON=C(C(=O)O)C21. The fourth-order valence-electron chi connectivity index (χ4n) is 1.86. The van der Waals surface area contributed by atoms with Crippen molar-refractivity contribution in [2.45, 2.75) is 25.0 Å². The van der Waals surface area contributed by atoms with Crippen molar-refractivity contribution in [2.75, 3.05) is 0 Å². The van der Waals surface area contributed by atoms with Gasteiger partial charge in [0.15, 0.2) is 5.71 Å². The standard InChI is InChI=1S/C7H10N2O3/c8-3-1-2-4-5(3)6(7(10)11)9-12-4/h3-5H,1-2,8H2,(H,10,11)/t3-,4?,5?/m0/s1. The van der Waals surface area contributed by atoms with Gasteiger partial charge in [0.1, 0.15) is 6.10 Å². The number of rotatable bonds is 1. The summed E-state index contributed by atoms with van der Waals surface area (Å²) in [5.74, 6) is -1.21. The van der Waals surface area contributed by atoms with Crippen molar-refractivity contribution in [3.63, 3.8) is 0 Å². The summed E-state index contributed by atoms with van der Waals surface area (Å²) < 4.78 is 0. The van der Waals surface area contributed by atoms with Gasteiger partial charge < -0.3 is 15.7 Å². The molecule has 1 saturated carbocycles. The van der Waals surface area contributed by atoms with E-state index in [1.807, 2.05) is 0 Å². The van der Waals surface area contributed by atoms with Crippen LogP contribution in [0.15, 0.2) is 5.16 Å². The molecule has 0 aromatic rings. The monoisotopic (exact) mass is 170 g/mol. The molecule has 12 heavy (non-hydrogen) atoms. The summed E-state index contributed by atoms with van der Waals surface area (Å²) in [5, 5.41) is 12.2. The number of carbonyl (C=O) groups is 1. The molecule has 0 saturated heterocycles. The molecule has 0 bridgehead atoms. The minimum atomic E-state index is -1.01. The number of aliphatic carboxylic acids is 1. The first-order valence-corrected chi connectivity index (χ1v) is 3.92. The van der Waals surface area contributed by atoms with E-state index < -0.39 is 5.97 Å². The summed E-state index contributed by atoms with van der Waals surface area (Å²) in [6.45, 7) is 0. The molecule has 0 amide bonds. The second-order valence-corrected chi connectivity index (χ2v) is 3.19. The normalized spacial score (nSPS) is 38.8. The Hall–Kier alpha value is -1.10. The Kier molecular flexibility index (Phi) is 1.54. The molecule has 5 heteroatoms. The highest BCUT2D eigenvalue weighted by molar-refractivity contribution is 6.37. The molecule has 2 aliphatic rings. The Balaban J connectivity index is 2.22. The van der Waals surface area contributed by atoms with Gasteiger partial charge in [0.25, 0.3) is 0 Å². The molecule has 3 N–H and O–H groups in total. The van der Waals surface area contributed by atoms with E-state index >= 15 is 0 Å². The van der Waals surface area contributed by atoms with Crippen LogP contribution in [0.2, 0.25) is 0 Å². The Bertz CT molecular complexity index is 251. The van der Waals surface area contributed by atoms with Gasteiger partial charge in [0.2, 0.25) is 0 Å². The van der Waals surface area contributed by atoms with Gasteiger partial charge in [0.05, 0.1) is 5.92 Å². The van der Waals surface area contributed by atoms with Gasteiger partial charge in [-0.2, -0.15) is 0 Å². The van der Waals surface area contributed by atoms with E-state index in [1.165, 1.54) is 0 Å². The maximum absolute atomic E-state index is 10.6. The molecule has 1 fully saturated rings. The fraction of sp³-hybridized carbons (Fsp3) is 0.714. The predicted octanol–water partition coefficient (Wildman–Crippen LogP) is -0.437.